The van der Waals surface area contributed by atoms with Gasteiger partial charge in [0.1, 0.15) is 11.5 Å². The summed E-state index contributed by atoms with van der Waals surface area (Å²) in [6.45, 7) is 0. The van der Waals surface area contributed by atoms with Gasteiger partial charge in [-0.1, -0.05) is 11.6 Å². The van der Waals surface area contributed by atoms with Crippen molar-refractivity contribution in [1.29, 1.82) is 0 Å². The predicted octanol–water partition coefficient (Wildman–Crippen LogP) is 4.07. The monoisotopic (exact) mass is 418 g/mol. The van der Waals surface area contributed by atoms with Crippen LogP contribution < -0.4 is 20.2 Å². The summed E-state index contributed by atoms with van der Waals surface area (Å²) in [5.74, 6) is 1.71. The number of benzene rings is 2. The van der Waals surface area contributed by atoms with E-state index in [1.807, 2.05) is 6.07 Å². The van der Waals surface area contributed by atoms with Gasteiger partial charge in [-0.25, -0.2) is 0 Å². The van der Waals surface area contributed by atoms with Crippen LogP contribution in [0.5, 0.6) is 11.5 Å². The van der Waals surface area contributed by atoms with Crippen molar-refractivity contribution in [2.24, 2.45) is 0 Å². The average Bonchev–Trinajstić information content (AvgIpc) is 2.68. The van der Waals surface area contributed by atoms with E-state index < -0.39 is 0 Å². The number of carbonyl (C=O) groups is 1. The summed E-state index contributed by atoms with van der Waals surface area (Å²) >= 11 is 7.37. The number of rotatable bonds is 7. The molecule has 6 nitrogen and oxygen atoms in total. The molecule has 8 heteroatoms. The van der Waals surface area contributed by atoms with Crippen molar-refractivity contribution in [3.63, 3.8) is 0 Å². The molecule has 0 fully saturated rings. The van der Waals surface area contributed by atoms with Gasteiger partial charge < -0.3 is 19.8 Å². The summed E-state index contributed by atoms with van der Waals surface area (Å²) in [5, 5.41) is 3.86. The first-order valence-corrected chi connectivity index (χ1v) is 9.94. The van der Waals surface area contributed by atoms with Crippen molar-refractivity contribution in [2.45, 2.75) is 5.75 Å². The van der Waals surface area contributed by atoms with Gasteiger partial charge in [0.25, 0.3) is 0 Å². The smallest absolute Gasteiger partial charge is 0.234 e. The normalized spacial score (nSPS) is 10.7. The number of halogens is 1. The van der Waals surface area contributed by atoms with Gasteiger partial charge in [-0.05, 0) is 36.4 Å². The Bertz CT molecular complexity index is 1070. The van der Waals surface area contributed by atoms with Crippen LogP contribution in [0.1, 0.15) is 5.69 Å². The van der Waals surface area contributed by atoms with E-state index in [1.165, 1.54) is 18.9 Å². The zero-order chi connectivity index (χ0) is 20.1. The number of methoxy groups -OCH3 is 2. The molecule has 0 radical (unpaired) electrons. The van der Waals surface area contributed by atoms with Crippen LogP contribution in [-0.4, -0.2) is 30.9 Å². The fourth-order valence-corrected chi connectivity index (χ4v) is 3.61. The average molecular weight is 419 g/mol. The molecular weight excluding hydrogens is 400 g/mol. The van der Waals surface area contributed by atoms with Gasteiger partial charge in [-0.15, -0.1) is 11.8 Å². The van der Waals surface area contributed by atoms with Gasteiger partial charge in [-0.2, -0.15) is 0 Å². The number of thioether (sulfide) groups is 1. The molecular formula is C20H19ClN2O4S. The lowest BCUT2D eigenvalue weighted by atomic mass is 10.2. The number of anilines is 1. The Balaban J connectivity index is 1.62. The molecule has 0 spiro atoms. The molecule has 2 N–H and O–H groups in total. The molecule has 2 aromatic carbocycles. The number of ether oxygens (including phenoxy) is 2. The standard InChI is InChI=1S/C20H19ClN2O4S/c1-26-14-4-5-16-15(9-14)18(24)8-13(22-16)10-28-11-20(25)23-17-7-12(21)3-6-19(17)27-2/h3-9H,10-11H2,1-2H3,(H,22,24)(H,23,25). The number of aromatic nitrogens is 1. The van der Waals surface area contributed by atoms with E-state index in [9.17, 15) is 9.59 Å². The zero-order valence-electron chi connectivity index (χ0n) is 15.4. The fraction of sp³-hybridized carbons (Fsp3) is 0.200. The number of hydrogen-bond acceptors (Lipinski definition) is 5. The maximum atomic E-state index is 12.3. The highest BCUT2D eigenvalue weighted by Crippen LogP contribution is 2.28. The van der Waals surface area contributed by atoms with Crippen LogP contribution in [0.15, 0.2) is 47.3 Å². The molecule has 3 aromatic rings. The maximum absolute atomic E-state index is 12.3. The Kier molecular flexibility index (Phi) is 6.49. The number of aromatic amines is 1. The van der Waals surface area contributed by atoms with Crippen molar-refractivity contribution in [2.75, 3.05) is 25.3 Å². The summed E-state index contributed by atoms with van der Waals surface area (Å²) in [7, 11) is 3.09. The molecule has 0 unspecified atom stereocenters. The molecule has 0 saturated carbocycles. The Labute approximate surface area is 171 Å². The molecule has 0 saturated heterocycles. The Morgan fingerprint density at radius 2 is 1.96 bits per heavy atom. The number of H-pyrrole nitrogens is 1. The largest absolute Gasteiger partial charge is 0.497 e. The second-order valence-corrected chi connectivity index (χ2v) is 7.38. The molecule has 1 heterocycles. The molecule has 1 aromatic heterocycles. The fourth-order valence-electron chi connectivity index (χ4n) is 2.70. The van der Waals surface area contributed by atoms with Crippen molar-refractivity contribution in [3.8, 4) is 11.5 Å². The molecule has 3 rings (SSSR count). The van der Waals surface area contributed by atoms with E-state index in [1.54, 1.807) is 43.5 Å². The lowest BCUT2D eigenvalue weighted by Gasteiger charge is -2.10. The molecule has 0 aliphatic rings. The SMILES string of the molecule is COc1ccc2[nH]c(CSCC(=O)Nc3cc(Cl)ccc3OC)cc(=O)c2c1. The minimum absolute atomic E-state index is 0.0867. The molecule has 0 aliphatic carbocycles. The summed E-state index contributed by atoms with van der Waals surface area (Å²) in [5.41, 5.74) is 1.92. The number of pyridine rings is 1. The van der Waals surface area contributed by atoms with E-state index in [-0.39, 0.29) is 17.1 Å². The Hall–Kier alpha value is -2.64. The number of nitrogens with one attached hydrogen (secondary N) is 2. The summed E-state index contributed by atoms with van der Waals surface area (Å²) < 4.78 is 10.4. The minimum Gasteiger partial charge on any atom is -0.497 e. The quantitative estimate of drug-likeness (QED) is 0.604. The second kappa shape index (κ2) is 9.03. The lowest BCUT2D eigenvalue weighted by Crippen LogP contribution is -2.15. The topological polar surface area (TPSA) is 80.4 Å². The van der Waals surface area contributed by atoms with E-state index in [0.29, 0.717) is 33.3 Å². The predicted molar refractivity (Wildman–Crippen MR) is 114 cm³/mol. The highest BCUT2D eigenvalue weighted by atomic mass is 35.5. The van der Waals surface area contributed by atoms with Gasteiger partial charge in [-0.3, -0.25) is 9.59 Å². The Morgan fingerprint density at radius 3 is 2.71 bits per heavy atom. The second-order valence-electron chi connectivity index (χ2n) is 5.96. The van der Waals surface area contributed by atoms with Gasteiger partial charge in [0, 0.05) is 33.4 Å². The van der Waals surface area contributed by atoms with E-state index in [2.05, 4.69) is 10.3 Å². The highest BCUT2D eigenvalue weighted by molar-refractivity contribution is 7.99. The van der Waals surface area contributed by atoms with Gasteiger partial charge in [0.2, 0.25) is 5.91 Å². The number of amides is 1. The van der Waals surface area contributed by atoms with Crippen LogP contribution >= 0.6 is 23.4 Å². The summed E-state index contributed by atoms with van der Waals surface area (Å²) in [4.78, 5) is 27.8. The summed E-state index contributed by atoms with van der Waals surface area (Å²) in [6, 6.07) is 11.9. The molecule has 0 aliphatic heterocycles. The van der Waals surface area contributed by atoms with Crippen molar-refractivity contribution in [3.05, 3.63) is 63.4 Å². The third-order valence-electron chi connectivity index (χ3n) is 4.02. The maximum Gasteiger partial charge on any atom is 0.234 e. The molecule has 28 heavy (non-hydrogen) atoms. The summed E-state index contributed by atoms with van der Waals surface area (Å²) in [6.07, 6.45) is 0. The van der Waals surface area contributed by atoms with Gasteiger partial charge in [0.15, 0.2) is 5.43 Å². The minimum atomic E-state index is -0.182. The third kappa shape index (κ3) is 4.79. The third-order valence-corrected chi connectivity index (χ3v) is 5.24. The van der Waals surface area contributed by atoms with Crippen LogP contribution in [0.25, 0.3) is 10.9 Å². The highest BCUT2D eigenvalue weighted by Gasteiger charge is 2.10. The number of fused-ring (bicyclic) bond motifs is 1. The van der Waals surface area contributed by atoms with Crippen LogP contribution in [0, 0.1) is 0 Å². The van der Waals surface area contributed by atoms with Crippen LogP contribution in [-0.2, 0) is 10.5 Å². The van der Waals surface area contributed by atoms with Gasteiger partial charge >= 0.3 is 0 Å². The Morgan fingerprint density at radius 1 is 1.14 bits per heavy atom. The first-order valence-electron chi connectivity index (χ1n) is 8.41. The molecule has 146 valence electrons. The first-order chi connectivity index (χ1) is 13.5. The van der Waals surface area contributed by atoms with Crippen LogP contribution in [0.3, 0.4) is 0 Å². The molecule has 0 bridgehead atoms. The molecule has 0 atom stereocenters. The van der Waals surface area contributed by atoms with Crippen LogP contribution in [0.4, 0.5) is 5.69 Å². The van der Waals surface area contributed by atoms with Crippen molar-refractivity contribution < 1.29 is 14.3 Å². The van der Waals surface area contributed by atoms with Gasteiger partial charge in [0.05, 0.1) is 25.7 Å². The lowest BCUT2D eigenvalue weighted by molar-refractivity contribution is -0.113. The number of carbonyl (C=O) groups excluding carboxylic acids is 1. The number of hydrogen-bond donors (Lipinski definition) is 2. The van der Waals surface area contributed by atoms with Crippen molar-refractivity contribution in [1.82, 2.24) is 4.98 Å². The van der Waals surface area contributed by atoms with E-state index in [4.69, 9.17) is 21.1 Å². The molecule has 1 amide bonds. The van der Waals surface area contributed by atoms with E-state index in [0.717, 1.165) is 11.2 Å². The zero-order valence-corrected chi connectivity index (χ0v) is 16.9. The van der Waals surface area contributed by atoms with E-state index >= 15 is 0 Å². The van der Waals surface area contributed by atoms with Crippen LogP contribution in [0.2, 0.25) is 5.02 Å². The first kappa shape index (κ1) is 20.1. The van der Waals surface area contributed by atoms with Crippen molar-refractivity contribution >= 4 is 45.9 Å².